The van der Waals surface area contributed by atoms with Gasteiger partial charge in [0.2, 0.25) is 15.9 Å². The van der Waals surface area contributed by atoms with E-state index in [1.807, 2.05) is 4.90 Å². The molecule has 13 heteroatoms. The van der Waals surface area contributed by atoms with Crippen LogP contribution in [0, 0.1) is 0 Å². The molecule has 0 radical (unpaired) electrons. The lowest BCUT2D eigenvalue weighted by Gasteiger charge is -2.35. The lowest BCUT2D eigenvalue weighted by Crippen LogP contribution is -2.47. The van der Waals surface area contributed by atoms with E-state index in [2.05, 4.69) is 10.3 Å². The Kier molecular flexibility index (Phi) is 8.77. The van der Waals surface area contributed by atoms with Gasteiger partial charge in [-0.1, -0.05) is 0 Å². The summed E-state index contributed by atoms with van der Waals surface area (Å²) >= 11 is 0. The van der Waals surface area contributed by atoms with E-state index in [4.69, 9.17) is 9.47 Å². The van der Waals surface area contributed by atoms with Crippen molar-refractivity contribution in [2.24, 2.45) is 0 Å². The molecule has 1 aromatic heterocycles. The van der Waals surface area contributed by atoms with Crippen LogP contribution < -0.4 is 10.1 Å². The number of carbonyl (C=O) groups is 2. The molecular weight excluding hydrogens is 493 g/mol. The molecule has 3 rings (SSSR count). The largest absolute Gasteiger partial charge is 0.473 e. The van der Waals surface area contributed by atoms with E-state index in [0.717, 1.165) is 0 Å². The Hall–Kier alpha value is -2.93. The summed E-state index contributed by atoms with van der Waals surface area (Å²) in [6.45, 7) is 6.81. The van der Waals surface area contributed by atoms with Crippen LogP contribution in [0.4, 0.5) is 14.0 Å². The summed E-state index contributed by atoms with van der Waals surface area (Å²) in [6.07, 6.45) is 1.99. The SMILES string of the molecule is CN1CCN(C2CCN(S(=O)(=O)c3ccc(OC/C(=C/F)CNC(=O)OC(C)(C)C)nc3)CC2)C1=O. The highest BCUT2D eigenvalue weighted by Crippen LogP contribution is 2.25. The fourth-order valence-corrected chi connectivity index (χ4v) is 5.36. The molecule has 0 aromatic carbocycles. The number of sulfonamides is 1. The van der Waals surface area contributed by atoms with Gasteiger partial charge in [-0.2, -0.15) is 4.31 Å². The highest BCUT2D eigenvalue weighted by molar-refractivity contribution is 7.89. The van der Waals surface area contributed by atoms with Crippen LogP contribution in [0.5, 0.6) is 5.88 Å². The molecule has 2 aliphatic heterocycles. The van der Waals surface area contributed by atoms with Gasteiger partial charge in [0.25, 0.3) is 0 Å². The number of likely N-dealkylation sites (N-methyl/N-ethyl adjacent to an activating group) is 1. The second-order valence-electron chi connectivity index (χ2n) is 9.78. The summed E-state index contributed by atoms with van der Waals surface area (Å²) in [7, 11) is -1.99. The molecule has 0 unspecified atom stereocenters. The third-order valence-electron chi connectivity index (χ3n) is 5.88. The van der Waals surface area contributed by atoms with Gasteiger partial charge in [-0.3, -0.25) is 0 Å². The fourth-order valence-electron chi connectivity index (χ4n) is 3.94. The number of aromatic nitrogens is 1. The Morgan fingerprint density at radius 3 is 2.44 bits per heavy atom. The zero-order valence-corrected chi connectivity index (χ0v) is 21.9. The molecule has 3 heterocycles. The van der Waals surface area contributed by atoms with Gasteiger partial charge in [0.1, 0.15) is 17.1 Å². The van der Waals surface area contributed by atoms with Crippen LogP contribution in [0.15, 0.2) is 35.1 Å². The molecule has 0 bridgehead atoms. The van der Waals surface area contributed by atoms with Gasteiger partial charge in [0.05, 0.1) is 12.5 Å². The maximum Gasteiger partial charge on any atom is 0.407 e. The molecule has 1 aromatic rings. The van der Waals surface area contributed by atoms with Gasteiger partial charge in [0.15, 0.2) is 0 Å². The Balaban J connectivity index is 1.50. The van der Waals surface area contributed by atoms with Gasteiger partial charge in [0, 0.05) is 57.5 Å². The molecule has 0 spiro atoms. The van der Waals surface area contributed by atoms with Crippen LogP contribution >= 0.6 is 0 Å². The number of piperidine rings is 1. The van der Waals surface area contributed by atoms with E-state index >= 15 is 0 Å². The minimum Gasteiger partial charge on any atom is -0.473 e. The summed E-state index contributed by atoms with van der Waals surface area (Å²) in [5, 5.41) is 2.44. The summed E-state index contributed by atoms with van der Waals surface area (Å²) in [5.74, 6) is 0.112. The molecular formula is C23H34FN5O6S. The van der Waals surface area contributed by atoms with Gasteiger partial charge < -0.3 is 24.6 Å². The smallest absolute Gasteiger partial charge is 0.407 e. The van der Waals surface area contributed by atoms with Crippen molar-refractivity contribution in [2.45, 2.75) is 50.2 Å². The third kappa shape index (κ3) is 7.06. The molecule has 2 saturated heterocycles. The van der Waals surface area contributed by atoms with E-state index < -0.39 is 21.7 Å². The first-order valence-corrected chi connectivity index (χ1v) is 13.2. The van der Waals surface area contributed by atoms with E-state index in [0.29, 0.717) is 45.4 Å². The van der Waals surface area contributed by atoms with E-state index in [1.54, 1.807) is 32.7 Å². The number of alkyl carbamates (subject to hydrolysis) is 1. The summed E-state index contributed by atoms with van der Waals surface area (Å²) in [6, 6.07) is 2.81. The highest BCUT2D eigenvalue weighted by Gasteiger charge is 2.36. The lowest BCUT2D eigenvalue weighted by atomic mass is 10.1. The second kappa shape index (κ2) is 11.4. The number of hydrogen-bond donors (Lipinski definition) is 1. The summed E-state index contributed by atoms with van der Waals surface area (Å²) in [4.78, 5) is 31.5. The number of amides is 3. The van der Waals surface area contributed by atoms with Crippen LogP contribution in [0.1, 0.15) is 33.6 Å². The van der Waals surface area contributed by atoms with Crippen molar-refractivity contribution in [3.05, 3.63) is 30.2 Å². The minimum atomic E-state index is -3.75. The Bertz CT molecular complexity index is 1070. The topological polar surface area (TPSA) is 121 Å². The zero-order chi connectivity index (χ0) is 26.5. The molecule has 0 atom stereocenters. The lowest BCUT2D eigenvalue weighted by molar-refractivity contribution is 0.0531. The van der Waals surface area contributed by atoms with E-state index in [9.17, 15) is 22.4 Å². The number of nitrogens with zero attached hydrogens (tertiary/aromatic N) is 4. The van der Waals surface area contributed by atoms with Crippen molar-refractivity contribution in [2.75, 3.05) is 46.4 Å². The molecule has 2 fully saturated rings. The molecule has 0 saturated carbocycles. The van der Waals surface area contributed by atoms with Gasteiger partial charge in [-0.05, 0) is 39.7 Å². The quantitative estimate of drug-likeness (QED) is 0.551. The normalized spacial score (nSPS) is 18.5. The molecule has 200 valence electrons. The van der Waals surface area contributed by atoms with E-state index in [-0.39, 0.29) is 41.6 Å². The zero-order valence-electron chi connectivity index (χ0n) is 21.1. The van der Waals surface area contributed by atoms with Crippen LogP contribution in [-0.4, -0.2) is 97.7 Å². The van der Waals surface area contributed by atoms with Crippen molar-refractivity contribution < 1.29 is 31.9 Å². The summed E-state index contributed by atoms with van der Waals surface area (Å²) < 4.78 is 51.2. The number of halogens is 1. The summed E-state index contributed by atoms with van der Waals surface area (Å²) in [5.41, 5.74) is -0.531. The average molecular weight is 528 g/mol. The monoisotopic (exact) mass is 527 g/mol. The first kappa shape index (κ1) is 27.7. The Morgan fingerprint density at radius 1 is 1.22 bits per heavy atom. The third-order valence-corrected chi connectivity index (χ3v) is 7.76. The van der Waals surface area contributed by atoms with Gasteiger partial charge in [-0.25, -0.2) is 27.4 Å². The standard InChI is InChI=1S/C23H34FN5O6S/c1-23(2,3)35-21(30)26-14-17(13-24)16-34-20-6-5-19(15-25-20)36(32,33)28-9-7-18(8-10-28)29-12-11-27(4)22(29)31/h5-6,13,15,18H,7-12,14,16H2,1-4H3,(H,26,30)/b17-13+. The molecule has 36 heavy (non-hydrogen) atoms. The number of urea groups is 1. The van der Waals surface area contributed by atoms with Crippen molar-refractivity contribution >= 4 is 22.1 Å². The second-order valence-corrected chi connectivity index (χ2v) is 11.7. The van der Waals surface area contributed by atoms with Gasteiger partial charge in [-0.15, -0.1) is 0 Å². The maximum absolute atomic E-state index is 13.2. The minimum absolute atomic E-state index is 0.0116. The van der Waals surface area contributed by atoms with Crippen LogP contribution in [0.3, 0.4) is 0 Å². The van der Waals surface area contributed by atoms with Crippen molar-refractivity contribution in [3.63, 3.8) is 0 Å². The molecule has 3 amide bonds. The number of rotatable bonds is 8. The predicted molar refractivity (Wildman–Crippen MR) is 130 cm³/mol. The van der Waals surface area contributed by atoms with Gasteiger partial charge >= 0.3 is 12.1 Å². The first-order valence-electron chi connectivity index (χ1n) is 11.8. The molecule has 0 aliphatic carbocycles. The number of hydrogen-bond acceptors (Lipinski definition) is 7. The fraction of sp³-hybridized carbons (Fsp3) is 0.609. The number of pyridine rings is 1. The van der Waals surface area contributed by atoms with Crippen LogP contribution in [0.2, 0.25) is 0 Å². The Labute approximate surface area is 211 Å². The van der Waals surface area contributed by atoms with Crippen LogP contribution in [0.25, 0.3) is 0 Å². The van der Waals surface area contributed by atoms with Crippen molar-refractivity contribution in [1.29, 1.82) is 0 Å². The molecule has 1 N–H and O–H groups in total. The van der Waals surface area contributed by atoms with Crippen LogP contribution in [-0.2, 0) is 14.8 Å². The number of nitrogens with one attached hydrogen (secondary N) is 1. The maximum atomic E-state index is 13.2. The van der Waals surface area contributed by atoms with E-state index in [1.165, 1.54) is 22.6 Å². The molecule has 2 aliphatic rings. The van der Waals surface area contributed by atoms with Crippen molar-refractivity contribution in [1.82, 2.24) is 24.4 Å². The number of ether oxygens (including phenoxy) is 2. The highest BCUT2D eigenvalue weighted by atomic mass is 32.2. The predicted octanol–water partition coefficient (Wildman–Crippen LogP) is 2.36. The Morgan fingerprint density at radius 2 is 1.92 bits per heavy atom. The molecule has 11 nitrogen and oxygen atoms in total. The average Bonchev–Trinajstić information content (AvgIpc) is 3.16. The number of carbonyl (C=O) groups excluding carboxylic acids is 2. The van der Waals surface area contributed by atoms with Crippen molar-refractivity contribution in [3.8, 4) is 5.88 Å². The first-order chi connectivity index (χ1) is 16.9.